The molecule has 0 aromatic heterocycles. The zero-order valence-electron chi connectivity index (χ0n) is 15.2. The Morgan fingerprint density at radius 1 is 1.11 bits per heavy atom. The fourth-order valence-electron chi connectivity index (χ4n) is 2.54. The van der Waals surface area contributed by atoms with Crippen LogP contribution < -0.4 is 29.3 Å². The van der Waals surface area contributed by atoms with Gasteiger partial charge in [-0.15, -0.1) is 17.5 Å². The number of hydrogen-bond donors (Lipinski definition) is 1. The molecule has 0 amide bonds. The van der Waals surface area contributed by atoms with Crippen LogP contribution in [0.15, 0.2) is 58.0 Å². The second-order valence-electron chi connectivity index (χ2n) is 6.03. The van der Waals surface area contributed by atoms with Crippen LogP contribution in [-0.4, -0.2) is 5.75 Å². The molecule has 2 aromatic rings. The normalized spacial score (nSPS) is 16.9. The van der Waals surface area contributed by atoms with E-state index in [2.05, 4.69) is 5.32 Å². The van der Waals surface area contributed by atoms with Crippen LogP contribution in [0.3, 0.4) is 0 Å². The molecule has 0 aliphatic carbocycles. The Morgan fingerprint density at radius 2 is 1.78 bits per heavy atom. The predicted molar refractivity (Wildman–Crippen MR) is 99.0 cm³/mol. The van der Waals surface area contributed by atoms with Crippen molar-refractivity contribution < 1.29 is 37.1 Å². The van der Waals surface area contributed by atoms with Crippen molar-refractivity contribution in [2.75, 3.05) is 5.75 Å². The fraction of sp³-hybridized carbons (Fsp3) is 0.263. The summed E-state index contributed by atoms with van der Waals surface area (Å²) in [5.41, 5.74) is 1.93. The minimum Gasteiger partial charge on any atom is -0.872 e. The van der Waals surface area contributed by atoms with Crippen molar-refractivity contribution in [3.05, 3.63) is 69.8 Å². The van der Waals surface area contributed by atoms with Crippen LogP contribution in [0, 0.1) is 6.92 Å². The summed E-state index contributed by atoms with van der Waals surface area (Å²) < 4.78 is 38.1. The van der Waals surface area contributed by atoms with E-state index >= 15 is 0 Å². The summed E-state index contributed by atoms with van der Waals surface area (Å²) in [4.78, 5) is 2.18. The Kier molecular flexibility index (Phi) is 7.31. The van der Waals surface area contributed by atoms with Gasteiger partial charge in [-0.1, -0.05) is 35.5 Å². The van der Waals surface area contributed by atoms with E-state index in [0.29, 0.717) is 0 Å². The Bertz CT molecular complexity index is 838. The molecule has 8 heteroatoms. The molecule has 27 heavy (non-hydrogen) atoms. The molecule has 1 aliphatic heterocycles. The van der Waals surface area contributed by atoms with Gasteiger partial charge in [0.1, 0.15) is 5.37 Å². The quantitative estimate of drug-likeness (QED) is 0.629. The molecule has 0 radical (unpaired) electrons. The summed E-state index contributed by atoms with van der Waals surface area (Å²) in [6.07, 6.45) is -4.32. The zero-order chi connectivity index (χ0) is 18.9. The van der Waals surface area contributed by atoms with Gasteiger partial charge in [-0.3, -0.25) is 0 Å². The van der Waals surface area contributed by atoms with E-state index in [0.717, 1.165) is 44.5 Å². The Morgan fingerprint density at radius 3 is 2.37 bits per heavy atom. The number of hydrogen-bond acceptors (Lipinski definition) is 4. The molecule has 0 saturated carbocycles. The average Bonchev–Trinajstić information content (AvgIpc) is 2.96. The summed E-state index contributed by atoms with van der Waals surface area (Å²) in [7, 11) is 0. The van der Waals surface area contributed by atoms with Crippen LogP contribution in [0.1, 0.15) is 29.0 Å². The molecule has 0 spiro atoms. The van der Waals surface area contributed by atoms with Gasteiger partial charge in [-0.25, -0.2) is 0 Å². The fourth-order valence-corrected chi connectivity index (χ4v) is 4.98. The minimum absolute atomic E-state index is 0. The van der Waals surface area contributed by atoms with E-state index in [1.807, 2.05) is 19.1 Å². The molecule has 138 valence electrons. The molecule has 1 aliphatic rings. The summed E-state index contributed by atoms with van der Waals surface area (Å²) in [6, 6.07) is 10.5. The van der Waals surface area contributed by atoms with Crippen molar-refractivity contribution in [2.24, 2.45) is 0 Å². The maximum Gasteiger partial charge on any atom is 1.00 e. The second kappa shape index (κ2) is 8.91. The molecule has 0 fully saturated rings. The number of aryl methyl sites for hydroxylation is 1. The van der Waals surface area contributed by atoms with E-state index in [-0.39, 0.29) is 30.0 Å². The van der Waals surface area contributed by atoms with Crippen LogP contribution in [-0.2, 0) is 6.18 Å². The van der Waals surface area contributed by atoms with Crippen molar-refractivity contribution in [2.45, 2.75) is 30.3 Å². The maximum absolute atomic E-state index is 12.7. The molecule has 2 aromatic carbocycles. The van der Waals surface area contributed by atoms with Gasteiger partial charge in [-0.2, -0.15) is 13.2 Å². The third-order valence-corrected chi connectivity index (χ3v) is 6.65. The molecule has 2 nitrogen and oxygen atoms in total. The molecule has 3 rings (SSSR count). The summed E-state index contributed by atoms with van der Waals surface area (Å²) in [5.74, 6) is 0.780. The number of alkyl halides is 3. The van der Waals surface area contributed by atoms with Crippen molar-refractivity contribution in [3.8, 4) is 5.75 Å². The van der Waals surface area contributed by atoms with Crippen molar-refractivity contribution in [1.82, 2.24) is 5.32 Å². The Hall–Kier alpha value is -1.13. The third-order valence-electron chi connectivity index (χ3n) is 4.08. The molecule has 1 heterocycles. The molecular formula is C19H17F3LiNOS2. The van der Waals surface area contributed by atoms with Gasteiger partial charge in [0.25, 0.3) is 0 Å². The van der Waals surface area contributed by atoms with Crippen molar-refractivity contribution in [3.63, 3.8) is 0 Å². The monoisotopic (exact) mass is 403 g/mol. The summed E-state index contributed by atoms with van der Waals surface area (Å²) in [5, 5.41) is 14.7. The van der Waals surface area contributed by atoms with Crippen molar-refractivity contribution >= 4 is 23.5 Å². The van der Waals surface area contributed by atoms with Crippen LogP contribution in [0.2, 0.25) is 0 Å². The zero-order valence-corrected chi connectivity index (χ0v) is 16.8. The second-order valence-corrected chi connectivity index (χ2v) is 8.27. The number of thioether (sulfide) groups is 2. The predicted octanol–water partition coefficient (Wildman–Crippen LogP) is 2.45. The molecule has 1 unspecified atom stereocenters. The Balaban J connectivity index is 0.00000261. The third kappa shape index (κ3) is 5.45. The first-order valence-corrected chi connectivity index (χ1v) is 9.81. The molecule has 0 bridgehead atoms. The summed E-state index contributed by atoms with van der Waals surface area (Å²) in [6.45, 7) is 3.77. The number of benzene rings is 2. The van der Waals surface area contributed by atoms with Crippen LogP contribution >= 0.6 is 23.5 Å². The first-order valence-electron chi connectivity index (χ1n) is 7.94. The number of rotatable bonds is 4. The van der Waals surface area contributed by atoms with Gasteiger partial charge in [0, 0.05) is 21.3 Å². The molecule has 1 N–H and O–H groups in total. The van der Waals surface area contributed by atoms with E-state index in [1.165, 1.54) is 12.1 Å². The Labute approximate surface area is 177 Å². The van der Waals surface area contributed by atoms with Gasteiger partial charge >= 0.3 is 25.0 Å². The van der Waals surface area contributed by atoms with Gasteiger partial charge < -0.3 is 10.4 Å². The van der Waals surface area contributed by atoms with Gasteiger partial charge in [0.2, 0.25) is 0 Å². The number of allylic oxidation sites excluding steroid dienone is 1. The standard InChI is InChI=1S/C19H18F3NOS2.Li/c1-11-9-15(7-8-16(11)24)25-10-17-12(2)23-18(26-17)13-3-5-14(6-4-13)19(20,21)22;/h3-9,18,23-24H,10H2,1-2H3;/q;+1/p-1. The molecular weight excluding hydrogens is 386 g/mol. The van der Waals surface area contributed by atoms with Crippen LogP contribution in [0.4, 0.5) is 13.2 Å². The smallest absolute Gasteiger partial charge is 0.872 e. The number of nitrogens with one attached hydrogen (secondary N) is 1. The topological polar surface area (TPSA) is 35.1 Å². The van der Waals surface area contributed by atoms with E-state index < -0.39 is 11.7 Å². The van der Waals surface area contributed by atoms with Crippen molar-refractivity contribution in [1.29, 1.82) is 0 Å². The van der Waals surface area contributed by atoms with Gasteiger partial charge in [-0.05, 0) is 43.7 Å². The minimum atomic E-state index is -4.32. The average molecular weight is 403 g/mol. The van der Waals surface area contributed by atoms with Gasteiger partial charge in [0.15, 0.2) is 0 Å². The van der Waals surface area contributed by atoms with E-state index in [1.54, 1.807) is 36.5 Å². The number of halogens is 3. The molecule has 0 saturated heterocycles. The van der Waals surface area contributed by atoms with Gasteiger partial charge in [0.05, 0.1) is 5.56 Å². The summed E-state index contributed by atoms with van der Waals surface area (Å²) >= 11 is 3.26. The molecule has 1 atom stereocenters. The maximum atomic E-state index is 12.7. The SMILES string of the molecule is CC1=C(CSc2ccc([O-])c(C)c2)SC(c2ccc(C(F)(F)F)cc2)N1.[Li+]. The first kappa shape index (κ1) is 22.2. The largest absolute Gasteiger partial charge is 1.00 e. The van der Waals surface area contributed by atoms with E-state index in [9.17, 15) is 18.3 Å². The van der Waals surface area contributed by atoms with Crippen LogP contribution in [0.5, 0.6) is 5.75 Å². The van der Waals surface area contributed by atoms with E-state index in [4.69, 9.17) is 0 Å². The van der Waals surface area contributed by atoms with Crippen LogP contribution in [0.25, 0.3) is 0 Å². The first-order chi connectivity index (χ1) is 12.2.